The summed E-state index contributed by atoms with van der Waals surface area (Å²) in [5.74, 6) is 4.49. The van der Waals surface area contributed by atoms with E-state index in [9.17, 15) is 0 Å². The molecule has 5 heteroatoms. The van der Waals surface area contributed by atoms with E-state index in [2.05, 4.69) is 34.1 Å². The molecule has 1 N–H and O–H groups in total. The zero-order valence-corrected chi connectivity index (χ0v) is 11.5. The normalized spacial score (nSPS) is 21.9. The van der Waals surface area contributed by atoms with E-state index in [1.165, 1.54) is 24.3 Å². The molecule has 0 amide bonds. The summed E-state index contributed by atoms with van der Waals surface area (Å²) >= 11 is 2.08. The first-order chi connectivity index (χ1) is 8.31. The number of hydrogen-bond acceptors (Lipinski definition) is 4. The molecule has 1 aliphatic rings. The smallest absolute Gasteiger partial charge is 0.138 e. The van der Waals surface area contributed by atoms with Gasteiger partial charge in [-0.2, -0.15) is 16.9 Å². The Bertz CT molecular complexity index is 333. The van der Waals surface area contributed by atoms with Gasteiger partial charge in [-0.25, -0.2) is 4.98 Å². The topological polar surface area (TPSA) is 42.7 Å². The molecular weight excluding hydrogens is 232 g/mol. The fraction of sp³-hybridized carbons (Fsp3) is 0.833. The molecule has 0 aromatic carbocycles. The predicted molar refractivity (Wildman–Crippen MR) is 72.2 cm³/mol. The molecule has 96 valence electrons. The Labute approximate surface area is 108 Å². The second kappa shape index (κ2) is 6.40. The largest absolute Gasteiger partial charge is 0.313 e. The van der Waals surface area contributed by atoms with Crippen molar-refractivity contribution < 1.29 is 0 Å². The zero-order chi connectivity index (χ0) is 12.1. The maximum absolute atomic E-state index is 4.34. The van der Waals surface area contributed by atoms with Crippen LogP contribution in [0.4, 0.5) is 0 Å². The number of rotatable bonds is 6. The molecule has 0 spiro atoms. The van der Waals surface area contributed by atoms with E-state index < -0.39 is 0 Å². The number of aromatic nitrogens is 3. The summed E-state index contributed by atoms with van der Waals surface area (Å²) in [5.41, 5.74) is 0. The van der Waals surface area contributed by atoms with Crippen LogP contribution in [0.2, 0.25) is 0 Å². The summed E-state index contributed by atoms with van der Waals surface area (Å²) in [6, 6.07) is 0.563. The van der Waals surface area contributed by atoms with Crippen LogP contribution < -0.4 is 5.32 Å². The number of aryl methyl sites for hydroxylation is 1. The van der Waals surface area contributed by atoms with E-state index in [1.54, 1.807) is 6.33 Å². The molecule has 0 aliphatic carbocycles. The molecular formula is C12H22N4S. The van der Waals surface area contributed by atoms with Crippen molar-refractivity contribution in [2.24, 2.45) is 13.0 Å². The van der Waals surface area contributed by atoms with Gasteiger partial charge in [-0.3, -0.25) is 4.68 Å². The van der Waals surface area contributed by atoms with Crippen molar-refractivity contribution in [3.63, 3.8) is 0 Å². The highest BCUT2D eigenvalue weighted by atomic mass is 32.2. The minimum absolute atomic E-state index is 0.563. The van der Waals surface area contributed by atoms with Crippen LogP contribution in [0.5, 0.6) is 0 Å². The van der Waals surface area contributed by atoms with Crippen molar-refractivity contribution in [3.8, 4) is 0 Å². The Morgan fingerprint density at radius 3 is 3.12 bits per heavy atom. The highest BCUT2D eigenvalue weighted by Gasteiger charge is 2.26. The van der Waals surface area contributed by atoms with E-state index in [-0.39, 0.29) is 0 Å². The lowest BCUT2D eigenvalue weighted by molar-refractivity contribution is 0.371. The first-order valence-electron chi connectivity index (χ1n) is 6.45. The van der Waals surface area contributed by atoms with Crippen molar-refractivity contribution in [1.82, 2.24) is 20.1 Å². The highest BCUT2D eigenvalue weighted by molar-refractivity contribution is 7.99. The number of thioether (sulfide) groups is 1. The van der Waals surface area contributed by atoms with Crippen molar-refractivity contribution in [2.75, 3.05) is 18.1 Å². The number of nitrogens with one attached hydrogen (secondary N) is 1. The lowest BCUT2D eigenvalue weighted by Gasteiger charge is -2.23. The van der Waals surface area contributed by atoms with Crippen LogP contribution in [0.25, 0.3) is 0 Å². The highest BCUT2D eigenvalue weighted by Crippen LogP contribution is 2.27. The third-order valence-corrected chi connectivity index (χ3v) is 4.59. The van der Waals surface area contributed by atoms with Crippen LogP contribution >= 0.6 is 11.8 Å². The van der Waals surface area contributed by atoms with Crippen LogP contribution in [0.3, 0.4) is 0 Å². The second-order valence-corrected chi connectivity index (χ2v) is 5.84. The molecule has 1 saturated heterocycles. The first-order valence-corrected chi connectivity index (χ1v) is 7.60. The van der Waals surface area contributed by atoms with Crippen molar-refractivity contribution in [2.45, 2.75) is 32.2 Å². The Balaban J connectivity index is 1.97. The van der Waals surface area contributed by atoms with Crippen LogP contribution in [0.15, 0.2) is 6.33 Å². The van der Waals surface area contributed by atoms with Gasteiger partial charge >= 0.3 is 0 Å². The number of hydrogen-bond donors (Lipinski definition) is 1. The van der Waals surface area contributed by atoms with Gasteiger partial charge in [0.1, 0.15) is 12.2 Å². The molecule has 0 bridgehead atoms. The Morgan fingerprint density at radius 1 is 1.65 bits per heavy atom. The van der Waals surface area contributed by atoms with Gasteiger partial charge in [0.15, 0.2) is 0 Å². The van der Waals surface area contributed by atoms with Crippen molar-refractivity contribution in [3.05, 3.63) is 12.2 Å². The zero-order valence-electron chi connectivity index (χ0n) is 10.7. The molecule has 1 aromatic heterocycles. The molecule has 17 heavy (non-hydrogen) atoms. The van der Waals surface area contributed by atoms with Crippen LogP contribution in [0, 0.1) is 5.92 Å². The van der Waals surface area contributed by atoms with E-state index in [4.69, 9.17) is 0 Å². The van der Waals surface area contributed by atoms with Gasteiger partial charge in [-0.1, -0.05) is 6.92 Å². The van der Waals surface area contributed by atoms with E-state index in [0.29, 0.717) is 6.04 Å². The maximum Gasteiger partial charge on any atom is 0.138 e. The van der Waals surface area contributed by atoms with Gasteiger partial charge in [0, 0.05) is 19.5 Å². The molecule has 1 fully saturated rings. The molecule has 0 radical (unpaired) electrons. The minimum atomic E-state index is 0.563. The van der Waals surface area contributed by atoms with Gasteiger partial charge in [0.05, 0.1) is 0 Å². The SMILES string of the molecule is CCCNC(Cc1ncnn1C)C1CCSC1. The van der Waals surface area contributed by atoms with Gasteiger partial charge in [0.2, 0.25) is 0 Å². The molecule has 2 atom stereocenters. The molecule has 2 heterocycles. The lowest BCUT2D eigenvalue weighted by Crippen LogP contribution is -2.39. The van der Waals surface area contributed by atoms with Gasteiger partial charge in [0.25, 0.3) is 0 Å². The van der Waals surface area contributed by atoms with Crippen molar-refractivity contribution in [1.29, 1.82) is 0 Å². The average molecular weight is 254 g/mol. The summed E-state index contributed by atoms with van der Waals surface area (Å²) in [7, 11) is 1.97. The molecule has 1 aliphatic heterocycles. The van der Waals surface area contributed by atoms with Crippen LogP contribution in [0.1, 0.15) is 25.6 Å². The summed E-state index contributed by atoms with van der Waals surface area (Å²) in [5, 5.41) is 7.83. The predicted octanol–water partition coefficient (Wildman–Crippen LogP) is 1.48. The lowest BCUT2D eigenvalue weighted by atomic mass is 9.96. The maximum atomic E-state index is 4.34. The standard InChI is InChI=1S/C12H22N4S/c1-3-5-13-11(10-4-6-17-8-10)7-12-14-9-15-16(12)2/h9-11,13H,3-8H2,1-2H3. The summed E-state index contributed by atoms with van der Waals surface area (Å²) in [4.78, 5) is 4.34. The molecule has 1 aromatic rings. The van der Waals surface area contributed by atoms with E-state index in [0.717, 1.165) is 24.7 Å². The van der Waals surface area contributed by atoms with E-state index >= 15 is 0 Å². The van der Waals surface area contributed by atoms with Gasteiger partial charge in [-0.05, 0) is 36.8 Å². The van der Waals surface area contributed by atoms with Crippen LogP contribution in [-0.2, 0) is 13.5 Å². The first kappa shape index (κ1) is 12.9. The molecule has 2 unspecified atom stereocenters. The van der Waals surface area contributed by atoms with E-state index in [1.807, 2.05) is 11.7 Å². The minimum Gasteiger partial charge on any atom is -0.313 e. The molecule has 4 nitrogen and oxygen atoms in total. The molecule has 2 rings (SSSR count). The monoisotopic (exact) mass is 254 g/mol. The Hall–Kier alpha value is -0.550. The third kappa shape index (κ3) is 3.45. The molecule has 0 saturated carbocycles. The third-order valence-electron chi connectivity index (χ3n) is 3.40. The van der Waals surface area contributed by atoms with Gasteiger partial charge < -0.3 is 5.32 Å². The second-order valence-electron chi connectivity index (χ2n) is 4.69. The van der Waals surface area contributed by atoms with Crippen molar-refractivity contribution >= 4 is 11.8 Å². The van der Waals surface area contributed by atoms with Crippen LogP contribution in [-0.4, -0.2) is 38.9 Å². The summed E-state index contributed by atoms with van der Waals surface area (Å²) < 4.78 is 1.89. The Kier molecular flexibility index (Phi) is 4.86. The fourth-order valence-electron chi connectivity index (χ4n) is 2.31. The fourth-order valence-corrected chi connectivity index (χ4v) is 3.64. The number of nitrogens with zero attached hydrogens (tertiary/aromatic N) is 3. The quantitative estimate of drug-likeness (QED) is 0.835. The average Bonchev–Trinajstić information content (AvgIpc) is 2.96. The summed E-state index contributed by atoms with van der Waals surface area (Å²) in [6.45, 7) is 3.32. The summed E-state index contributed by atoms with van der Waals surface area (Å²) in [6.07, 6.45) is 5.18. The van der Waals surface area contributed by atoms with Gasteiger partial charge in [-0.15, -0.1) is 0 Å². The Morgan fingerprint density at radius 2 is 2.53 bits per heavy atom.